The van der Waals surface area contributed by atoms with Gasteiger partial charge in [0.15, 0.2) is 0 Å². The molecule has 0 saturated carbocycles. The molecule has 0 bridgehead atoms. The van der Waals surface area contributed by atoms with Crippen molar-refractivity contribution in [2.45, 2.75) is 0 Å². The molecule has 0 aliphatic carbocycles. The highest BCUT2D eigenvalue weighted by molar-refractivity contribution is 7.19. The maximum Gasteiger partial charge on any atom is 0.324 e. The lowest BCUT2D eigenvalue weighted by Gasteiger charge is -1.99. The minimum Gasteiger partial charge on any atom is -0.296 e. The number of nitro groups is 1. The van der Waals surface area contributed by atoms with Gasteiger partial charge in [-0.05, 0) is 18.2 Å². The summed E-state index contributed by atoms with van der Waals surface area (Å²) in [5, 5.41) is 21.7. The van der Waals surface area contributed by atoms with Gasteiger partial charge in [-0.1, -0.05) is 40.9 Å². The fraction of sp³-hybridized carbons (Fsp3) is 0. The zero-order valence-corrected chi connectivity index (χ0v) is 13.6. The minimum atomic E-state index is -0.454. The molecule has 3 rings (SSSR count). The first kappa shape index (κ1) is 15.9. The monoisotopic (exact) mass is 359 g/mol. The van der Waals surface area contributed by atoms with Crippen molar-refractivity contribution < 1.29 is 9.72 Å². The van der Waals surface area contributed by atoms with Gasteiger partial charge in [0.25, 0.3) is 5.91 Å². The van der Waals surface area contributed by atoms with Crippen molar-refractivity contribution in [2.75, 3.05) is 5.32 Å². The Kier molecular flexibility index (Phi) is 4.68. The summed E-state index contributed by atoms with van der Waals surface area (Å²) in [5.74, 6) is -0.281. The Hall–Kier alpha value is -2.98. The van der Waals surface area contributed by atoms with E-state index in [1.165, 1.54) is 12.3 Å². The molecule has 8 nitrogen and oxygen atoms in total. The third-order valence-electron chi connectivity index (χ3n) is 2.77. The summed E-state index contributed by atoms with van der Waals surface area (Å²) >= 11 is 2.12. The van der Waals surface area contributed by atoms with E-state index in [0.29, 0.717) is 20.7 Å². The van der Waals surface area contributed by atoms with E-state index in [2.05, 4.69) is 20.5 Å². The second-order valence-corrected chi connectivity index (χ2v) is 6.45. The van der Waals surface area contributed by atoms with E-state index in [1.54, 1.807) is 30.3 Å². The molecular formula is C14H9N5O3S2. The molecule has 0 unspecified atom stereocenters. The van der Waals surface area contributed by atoms with Crippen LogP contribution in [0.2, 0.25) is 0 Å². The molecule has 3 aromatic rings. The third-order valence-corrected chi connectivity index (χ3v) is 4.48. The van der Waals surface area contributed by atoms with Gasteiger partial charge in [0.05, 0.1) is 9.80 Å². The number of amides is 1. The van der Waals surface area contributed by atoms with Gasteiger partial charge >= 0.3 is 5.00 Å². The van der Waals surface area contributed by atoms with Crippen molar-refractivity contribution in [3.05, 3.63) is 63.0 Å². The maximum absolute atomic E-state index is 12.0. The maximum atomic E-state index is 12.0. The number of benzene rings is 1. The van der Waals surface area contributed by atoms with Crippen LogP contribution in [0.15, 0.2) is 47.5 Å². The number of rotatable bonds is 5. The highest BCUT2D eigenvalue weighted by Crippen LogP contribution is 2.25. The topological polar surface area (TPSA) is 110 Å². The number of hydrogen-bond acceptors (Lipinski definition) is 8. The van der Waals surface area contributed by atoms with E-state index in [-0.39, 0.29) is 10.9 Å². The highest BCUT2D eigenvalue weighted by atomic mass is 32.1. The molecule has 0 atom stereocenters. The van der Waals surface area contributed by atoms with Gasteiger partial charge in [-0.3, -0.25) is 20.2 Å². The van der Waals surface area contributed by atoms with E-state index >= 15 is 0 Å². The molecule has 1 amide bonds. The van der Waals surface area contributed by atoms with Crippen LogP contribution in [0.5, 0.6) is 0 Å². The smallest absolute Gasteiger partial charge is 0.296 e. The normalized spacial score (nSPS) is 10.8. The molecule has 120 valence electrons. The SMILES string of the molecule is O=C(Nc1nnc(N=Cc2ccc([N+](=O)[O-])s2)s1)c1ccccc1. The molecule has 0 aliphatic rings. The summed E-state index contributed by atoms with van der Waals surface area (Å²) in [4.78, 5) is 26.9. The molecular weight excluding hydrogens is 350 g/mol. The molecule has 0 radical (unpaired) electrons. The van der Waals surface area contributed by atoms with Crippen LogP contribution in [0.25, 0.3) is 0 Å². The Bertz CT molecular complexity index is 904. The number of nitrogens with one attached hydrogen (secondary N) is 1. The van der Waals surface area contributed by atoms with E-state index in [1.807, 2.05) is 6.07 Å². The number of nitrogens with zero attached hydrogens (tertiary/aromatic N) is 4. The average molecular weight is 359 g/mol. The van der Waals surface area contributed by atoms with Crippen LogP contribution in [0.4, 0.5) is 15.3 Å². The van der Waals surface area contributed by atoms with Crippen molar-refractivity contribution in [2.24, 2.45) is 4.99 Å². The van der Waals surface area contributed by atoms with E-state index < -0.39 is 4.92 Å². The lowest BCUT2D eigenvalue weighted by atomic mass is 10.2. The predicted octanol–water partition coefficient (Wildman–Crippen LogP) is 3.51. The summed E-state index contributed by atoms with van der Waals surface area (Å²) < 4.78 is 0. The fourth-order valence-corrected chi connectivity index (χ4v) is 2.98. The lowest BCUT2D eigenvalue weighted by Crippen LogP contribution is -2.11. The van der Waals surface area contributed by atoms with Gasteiger partial charge in [-0.25, -0.2) is 4.99 Å². The molecule has 24 heavy (non-hydrogen) atoms. The molecule has 1 N–H and O–H groups in total. The first-order valence-electron chi connectivity index (χ1n) is 6.60. The van der Waals surface area contributed by atoms with Crippen LogP contribution in [0, 0.1) is 10.1 Å². The van der Waals surface area contributed by atoms with Gasteiger partial charge in [-0.15, -0.1) is 10.2 Å². The van der Waals surface area contributed by atoms with Crippen molar-refractivity contribution >= 4 is 50.1 Å². The number of aromatic nitrogens is 2. The zero-order valence-electron chi connectivity index (χ0n) is 11.9. The summed E-state index contributed by atoms with van der Waals surface area (Å²) in [7, 11) is 0. The standard InChI is InChI=1S/C14H9N5O3S2/c20-12(9-4-2-1-3-5-9)16-14-18-17-13(24-14)15-8-10-6-7-11(23-10)19(21)22/h1-8H,(H,16,18,20). The second-order valence-electron chi connectivity index (χ2n) is 4.40. The van der Waals surface area contributed by atoms with Crippen LogP contribution < -0.4 is 5.32 Å². The van der Waals surface area contributed by atoms with Crippen molar-refractivity contribution in [1.82, 2.24) is 10.2 Å². The third kappa shape index (κ3) is 3.86. The molecule has 2 aromatic heterocycles. The first-order valence-corrected chi connectivity index (χ1v) is 8.23. The Morgan fingerprint density at radius 3 is 2.67 bits per heavy atom. The lowest BCUT2D eigenvalue weighted by molar-refractivity contribution is -0.380. The number of anilines is 1. The molecule has 1 aromatic carbocycles. The van der Waals surface area contributed by atoms with E-state index in [4.69, 9.17) is 0 Å². The number of carbonyl (C=O) groups excluding carboxylic acids is 1. The molecule has 0 saturated heterocycles. The van der Waals surface area contributed by atoms with Crippen LogP contribution in [-0.2, 0) is 0 Å². The molecule has 10 heteroatoms. The van der Waals surface area contributed by atoms with Crippen LogP contribution in [0.1, 0.15) is 15.2 Å². The molecule has 0 fully saturated rings. The van der Waals surface area contributed by atoms with Crippen LogP contribution >= 0.6 is 22.7 Å². The van der Waals surface area contributed by atoms with Gasteiger partial charge in [-0.2, -0.15) is 0 Å². The number of thiophene rings is 1. The number of aliphatic imine (C=N–C) groups is 1. The first-order chi connectivity index (χ1) is 11.6. The summed E-state index contributed by atoms with van der Waals surface area (Å²) in [6, 6.07) is 11.8. The summed E-state index contributed by atoms with van der Waals surface area (Å²) in [6.07, 6.45) is 1.47. The highest BCUT2D eigenvalue weighted by Gasteiger charge is 2.10. The molecule has 2 heterocycles. The van der Waals surface area contributed by atoms with Gasteiger partial charge in [0.2, 0.25) is 10.3 Å². The van der Waals surface area contributed by atoms with Crippen LogP contribution in [-0.4, -0.2) is 27.2 Å². The Balaban J connectivity index is 1.65. The predicted molar refractivity (Wildman–Crippen MR) is 92.5 cm³/mol. The van der Waals surface area contributed by atoms with E-state index in [9.17, 15) is 14.9 Å². The van der Waals surface area contributed by atoms with E-state index in [0.717, 1.165) is 22.7 Å². The van der Waals surface area contributed by atoms with Crippen molar-refractivity contribution in [3.8, 4) is 0 Å². The Morgan fingerprint density at radius 2 is 1.96 bits per heavy atom. The van der Waals surface area contributed by atoms with Gasteiger partial charge in [0.1, 0.15) is 0 Å². The number of carbonyl (C=O) groups is 1. The number of hydrogen-bond donors (Lipinski definition) is 1. The summed E-state index contributed by atoms with van der Waals surface area (Å²) in [5.41, 5.74) is 0.517. The van der Waals surface area contributed by atoms with Crippen LogP contribution in [0.3, 0.4) is 0 Å². The molecule has 0 aliphatic heterocycles. The Morgan fingerprint density at radius 1 is 1.17 bits per heavy atom. The van der Waals surface area contributed by atoms with Gasteiger partial charge in [0, 0.05) is 17.8 Å². The fourth-order valence-electron chi connectivity index (χ4n) is 1.71. The van der Waals surface area contributed by atoms with Crippen molar-refractivity contribution in [1.29, 1.82) is 0 Å². The molecule has 0 spiro atoms. The average Bonchev–Trinajstić information content (AvgIpc) is 3.23. The second kappa shape index (κ2) is 7.06. The van der Waals surface area contributed by atoms with Gasteiger partial charge < -0.3 is 0 Å². The quantitative estimate of drug-likeness (QED) is 0.426. The minimum absolute atomic E-state index is 0.0459. The Labute approximate surface area is 143 Å². The largest absolute Gasteiger partial charge is 0.324 e. The summed E-state index contributed by atoms with van der Waals surface area (Å²) in [6.45, 7) is 0. The zero-order chi connectivity index (χ0) is 16.9. The van der Waals surface area contributed by atoms with Crippen molar-refractivity contribution in [3.63, 3.8) is 0 Å².